The maximum atomic E-state index is 13.8. The van der Waals surface area contributed by atoms with Gasteiger partial charge in [-0.15, -0.1) is 0 Å². The number of nitrogens with one attached hydrogen (secondary N) is 1. The van der Waals surface area contributed by atoms with Crippen molar-refractivity contribution in [2.24, 2.45) is 0 Å². The van der Waals surface area contributed by atoms with Gasteiger partial charge in [-0.1, -0.05) is 42.2 Å². The van der Waals surface area contributed by atoms with E-state index in [1.807, 2.05) is 6.92 Å². The van der Waals surface area contributed by atoms with Crippen molar-refractivity contribution >= 4 is 51.9 Å². The van der Waals surface area contributed by atoms with Crippen LogP contribution in [0.25, 0.3) is 6.08 Å². The molecule has 8 heteroatoms. The number of benzene rings is 2. The molecular formula is C20H17FN2O3S2. The van der Waals surface area contributed by atoms with E-state index in [4.69, 9.17) is 17.0 Å². The van der Waals surface area contributed by atoms with Crippen molar-refractivity contribution in [3.05, 3.63) is 64.8 Å². The number of thiocarbonyl (C=S) groups is 1. The first-order valence-electron chi connectivity index (χ1n) is 8.50. The van der Waals surface area contributed by atoms with Crippen LogP contribution in [0.3, 0.4) is 0 Å². The zero-order valence-electron chi connectivity index (χ0n) is 15.0. The first-order valence-corrected chi connectivity index (χ1v) is 9.73. The average molecular weight is 416 g/mol. The number of hydrogen-bond acceptors (Lipinski definition) is 5. The molecule has 1 N–H and O–H groups in total. The van der Waals surface area contributed by atoms with Gasteiger partial charge >= 0.3 is 0 Å². The molecule has 0 unspecified atom stereocenters. The Kier molecular flexibility index (Phi) is 6.43. The van der Waals surface area contributed by atoms with Gasteiger partial charge in [0.1, 0.15) is 22.4 Å². The lowest BCUT2D eigenvalue weighted by Gasteiger charge is -2.14. The predicted octanol–water partition coefficient (Wildman–Crippen LogP) is 4.06. The summed E-state index contributed by atoms with van der Waals surface area (Å²) in [6.45, 7) is 2.23. The third-order valence-corrected chi connectivity index (χ3v) is 5.19. The van der Waals surface area contributed by atoms with Gasteiger partial charge in [-0.25, -0.2) is 4.39 Å². The Labute approximate surface area is 171 Å². The monoisotopic (exact) mass is 416 g/mol. The largest absolute Gasteiger partial charge is 0.494 e. The van der Waals surface area contributed by atoms with Crippen LogP contribution in [0.4, 0.5) is 10.1 Å². The fourth-order valence-corrected chi connectivity index (χ4v) is 3.76. The van der Waals surface area contributed by atoms with Gasteiger partial charge in [-0.2, -0.15) is 0 Å². The van der Waals surface area contributed by atoms with Crippen LogP contribution in [-0.2, 0) is 9.59 Å². The van der Waals surface area contributed by atoms with Gasteiger partial charge in [-0.05, 0) is 43.3 Å². The molecule has 0 radical (unpaired) electrons. The summed E-state index contributed by atoms with van der Waals surface area (Å²) in [5.74, 6) is -0.524. The Balaban J connectivity index is 1.65. The lowest BCUT2D eigenvalue weighted by Crippen LogP contribution is -2.36. The normalized spacial score (nSPS) is 15.2. The number of hydrogen-bond donors (Lipinski definition) is 1. The molecule has 28 heavy (non-hydrogen) atoms. The van der Waals surface area contributed by atoms with Crippen molar-refractivity contribution in [2.45, 2.75) is 6.92 Å². The van der Waals surface area contributed by atoms with E-state index in [0.717, 1.165) is 11.8 Å². The van der Waals surface area contributed by atoms with Crippen LogP contribution in [0.15, 0.2) is 53.4 Å². The van der Waals surface area contributed by atoms with Crippen molar-refractivity contribution < 1.29 is 18.7 Å². The summed E-state index contributed by atoms with van der Waals surface area (Å²) in [5.41, 5.74) is 0.877. The van der Waals surface area contributed by atoms with Crippen molar-refractivity contribution in [1.82, 2.24) is 4.90 Å². The Morgan fingerprint density at radius 3 is 2.64 bits per heavy atom. The second kappa shape index (κ2) is 8.99. The molecule has 0 aromatic heterocycles. The molecule has 5 nitrogen and oxygen atoms in total. The van der Waals surface area contributed by atoms with E-state index in [0.29, 0.717) is 23.6 Å². The van der Waals surface area contributed by atoms with Crippen molar-refractivity contribution in [3.8, 4) is 5.75 Å². The van der Waals surface area contributed by atoms with Gasteiger partial charge < -0.3 is 10.1 Å². The molecule has 0 spiro atoms. The van der Waals surface area contributed by atoms with Gasteiger partial charge in [0.05, 0.1) is 11.5 Å². The summed E-state index contributed by atoms with van der Waals surface area (Å²) >= 11 is 6.26. The van der Waals surface area contributed by atoms with E-state index in [2.05, 4.69) is 5.32 Å². The summed E-state index contributed by atoms with van der Waals surface area (Å²) in [6, 6.07) is 13.1. The fourth-order valence-electron chi connectivity index (χ4n) is 2.51. The van der Waals surface area contributed by atoms with E-state index < -0.39 is 11.7 Å². The summed E-state index contributed by atoms with van der Waals surface area (Å²) in [6.07, 6.45) is 1.44. The minimum atomic E-state index is -0.430. The molecule has 1 fully saturated rings. The molecule has 2 amide bonds. The first-order chi connectivity index (χ1) is 13.5. The number of carbonyl (C=O) groups excluding carboxylic acids is 2. The second-order valence-corrected chi connectivity index (χ2v) is 7.47. The summed E-state index contributed by atoms with van der Waals surface area (Å²) in [4.78, 5) is 26.4. The minimum Gasteiger partial charge on any atom is -0.494 e. The van der Waals surface area contributed by atoms with Crippen molar-refractivity contribution in [3.63, 3.8) is 0 Å². The highest BCUT2D eigenvalue weighted by atomic mass is 32.2. The van der Waals surface area contributed by atoms with Crippen molar-refractivity contribution in [1.29, 1.82) is 0 Å². The van der Waals surface area contributed by atoms with Gasteiger partial charge in [0.2, 0.25) is 5.91 Å². The third-order valence-electron chi connectivity index (χ3n) is 3.82. The molecule has 3 rings (SSSR count). The maximum absolute atomic E-state index is 13.8. The molecule has 2 aromatic carbocycles. The smallest absolute Gasteiger partial charge is 0.266 e. The van der Waals surface area contributed by atoms with Crippen LogP contribution >= 0.6 is 24.0 Å². The molecule has 1 heterocycles. The zero-order chi connectivity index (χ0) is 20.1. The van der Waals surface area contributed by atoms with Gasteiger partial charge in [0.15, 0.2) is 0 Å². The fraction of sp³-hybridized carbons (Fsp3) is 0.150. The first kappa shape index (κ1) is 20.0. The Hall–Kier alpha value is -2.71. The van der Waals surface area contributed by atoms with Crippen molar-refractivity contribution in [2.75, 3.05) is 18.5 Å². The highest BCUT2D eigenvalue weighted by Gasteiger charge is 2.33. The molecule has 2 aromatic rings. The number of carbonyl (C=O) groups is 2. The van der Waals surface area contributed by atoms with Crippen LogP contribution in [0.2, 0.25) is 0 Å². The van der Waals surface area contributed by atoms with Gasteiger partial charge in [0, 0.05) is 11.3 Å². The number of ether oxygens (including phenoxy) is 1. The van der Waals surface area contributed by atoms with E-state index in [1.165, 1.54) is 17.0 Å². The quantitative estimate of drug-likeness (QED) is 0.568. The maximum Gasteiger partial charge on any atom is 0.266 e. The lowest BCUT2D eigenvalue weighted by molar-refractivity contribution is -0.126. The molecule has 0 aliphatic carbocycles. The van der Waals surface area contributed by atoms with Crippen LogP contribution in [0.5, 0.6) is 5.75 Å². The molecule has 1 aliphatic rings. The summed E-state index contributed by atoms with van der Waals surface area (Å²) in [7, 11) is 0. The summed E-state index contributed by atoms with van der Waals surface area (Å²) < 4.78 is 19.4. The summed E-state index contributed by atoms with van der Waals surface area (Å²) in [5, 5.41) is 2.72. The Bertz CT molecular complexity index is 945. The highest BCUT2D eigenvalue weighted by Crippen LogP contribution is 2.32. The predicted molar refractivity (Wildman–Crippen MR) is 113 cm³/mol. The van der Waals surface area contributed by atoms with E-state index in [-0.39, 0.29) is 21.7 Å². The molecule has 144 valence electrons. The topological polar surface area (TPSA) is 58.6 Å². The standard InChI is InChI=1S/C20H17FN2O3S2/c1-2-26-15-9-7-14(8-10-15)22-18(24)12-23-19(25)17(28-20(23)27)11-13-5-3-4-6-16(13)21/h3-11H,2,12H2,1H3,(H,22,24)/b17-11-. The number of halogens is 1. The zero-order valence-corrected chi connectivity index (χ0v) is 16.6. The minimum absolute atomic E-state index is 0.216. The molecule has 1 saturated heterocycles. The highest BCUT2D eigenvalue weighted by molar-refractivity contribution is 8.26. The average Bonchev–Trinajstić information content (AvgIpc) is 2.93. The number of rotatable bonds is 6. The molecule has 1 aliphatic heterocycles. The van der Waals surface area contributed by atoms with Crippen LogP contribution in [0, 0.1) is 5.82 Å². The van der Waals surface area contributed by atoms with E-state index in [1.54, 1.807) is 42.5 Å². The molecule has 0 atom stereocenters. The number of amides is 2. The number of thioether (sulfide) groups is 1. The van der Waals surface area contributed by atoms with E-state index >= 15 is 0 Å². The van der Waals surface area contributed by atoms with Crippen LogP contribution < -0.4 is 10.1 Å². The van der Waals surface area contributed by atoms with Crippen LogP contribution in [-0.4, -0.2) is 34.2 Å². The Morgan fingerprint density at radius 2 is 1.96 bits per heavy atom. The molecule has 0 bridgehead atoms. The van der Waals surface area contributed by atoms with Gasteiger partial charge in [-0.3, -0.25) is 14.5 Å². The number of nitrogens with zero attached hydrogens (tertiary/aromatic N) is 1. The molecular weight excluding hydrogens is 399 g/mol. The number of anilines is 1. The molecule has 0 saturated carbocycles. The van der Waals surface area contributed by atoms with Crippen LogP contribution in [0.1, 0.15) is 12.5 Å². The second-order valence-electron chi connectivity index (χ2n) is 5.79. The van der Waals surface area contributed by atoms with Gasteiger partial charge in [0.25, 0.3) is 5.91 Å². The lowest BCUT2D eigenvalue weighted by atomic mass is 10.2. The Morgan fingerprint density at radius 1 is 1.25 bits per heavy atom. The van der Waals surface area contributed by atoms with E-state index in [9.17, 15) is 14.0 Å². The SMILES string of the molecule is CCOc1ccc(NC(=O)CN2C(=O)/C(=C/c3ccccc3F)SC2=S)cc1. The third kappa shape index (κ3) is 4.76.